The van der Waals surface area contributed by atoms with Crippen LogP contribution >= 0.6 is 0 Å². The summed E-state index contributed by atoms with van der Waals surface area (Å²) in [6, 6.07) is 10.4. The number of hydrogen-bond acceptors (Lipinski definition) is 5. The fourth-order valence-electron chi connectivity index (χ4n) is 4.13. The maximum absolute atomic E-state index is 10.4. The Hall–Kier alpha value is -1.73. The van der Waals surface area contributed by atoms with Crippen molar-refractivity contribution in [3.8, 4) is 5.69 Å². The molecule has 2 atom stereocenters. The first-order chi connectivity index (χ1) is 12.5. The van der Waals surface area contributed by atoms with Crippen LogP contribution in [0.25, 0.3) is 5.69 Å². The molecule has 4 rings (SSSR count). The predicted octanol–water partition coefficient (Wildman–Crippen LogP) is 1.74. The van der Waals surface area contributed by atoms with Crippen LogP contribution in [0.2, 0.25) is 0 Å². The van der Waals surface area contributed by atoms with Gasteiger partial charge in [-0.15, -0.1) is 0 Å². The van der Waals surface area contributed by atoms with Gasteiger partial charge in [0.15, 0.2) is 0 Å². The zero-order valence-corrected chi connectivity index (χ0v) is 15.2. The van der Waals surface area contributed by atoms with Gasteiger partial charge in [-0.1, -0.05) is 12.1 Å². The van der Waals surface area contributed by atoms with Crippen molar-refractivity contribution in [2.75, 3.05) is 19.7 Å². The number of aliphatic hydroxyl groups excluding tert-OH is 1. The standard InChI is InChI=1S/C20H27N3O3/c1-19(25)15-20(26-14-18(19)24)7-11-22(12-8-20)13-16-3-5-17(6-4-16)23-10-2-9-21-23/h2-6,9-10,18,24-25H,7-8,11-15H2,1H3/t18-,19-/m0/s1. The maximum atomic E-state index is 10.4. The van der Waals surface area contributed by atoms with Crippen LogP contribution in [0, 0.1) is 0 Å². The van der Waals surface area contributed by atoms with E-state index in [1.165, 1.54) is 5.56 Å². The molecular weight excluding hydrogens is 330 g/mol. The van der Waals surface area contributed by atoms with Crippen molar-refractivity contribution in [1.82, 2.24) is 14.7 Å². The van der Waals surface area contributed by atoms with Gasteiger partial charge in [-0.25, -0.2) is 4.68 Å². The van der Waals surface area contributed by atoms with Crippen LogP contribution in [-0.2, 0) is 11.3 Å². The summed E-state index contributed by atoms with van der Waals surface area (Å²) in [7, 11) is 0. The number of benzene rings is 1. The highest BCUT2D eigenvalue weighted by Gasteiger charge is 2.48. The molecule has 0 saturated carbocycles. The molecular formula is C20H27N3O3. The lowest BCUT2D eigenvalue weighted by Crippen LogP contribution is -2.59. The average molecular weight is 357 g/mol. The third kappa shape index (κ3) is 3.55. The molecule has 0 radical (unpaired) electrons. The highest BCUT2D eigenvalue weighted by molar-refractivity contribution is 5.33. The molecule has 2 saturated heterocycles. The van der Waals surface area contributed by atoms with Gasteiger partial charge in [0.2, 0.25) is 0 Å². The molecule has 2 aliphatic rings. The highest BCUT2D eigenvalue weighted by Crippen LogP contribution is 2.39. The van der Waals surface area contributed by atoms with E-state index in [2.05, 4.69) is 34.3 Å². The molecule has 6 nitrogen and oxygen atoms in total. The number of hydrogen-bond donors (Lipinski definition) is 2. The highest BCUT2D eigenvalue weighted by atomic mass is 16.5. The van der Waals surface area contributed by atoms with Crippen molar-refractivity contribution in [3.63, 3.8) is 0 Å². The smallest absolute Gasteiger partial charge is 0.106 e. The SMILES string of the molecule is C[C@]1(O)CC2(CCN(Cc3ccc(-n4cccn4)cc3)CC2)OC[C@@H]1O. The van der Waals surface area contributed by atoms with E-state index in [0.717, 1.165) is 38.2 Å². The molecule has 2 aromatic rings. The molecule has 0 amide bonds. The summed E-state index contributed by atoms with van der Waals surface area (Å²) in [6.45, 7) is 4.73. The fourth-order valence-corrected chi connectivity index (χ4v) is 4.13. The molecule has 6 heteroatoms. The second-order valence-electron chi connectivity index (χ2n) is 7.94. The molecule has 3 heterocycles. The third-order valence-electron chi connectivity index (χ3n) is 5.82. The maximum Gasteiger partial charge on any atom is 0.106 e. The van der Waals surface area contributed by atoms with E-state index >= 15 is 0 Å². The van der Waals surface area contributed by atoms with E-state index < -0.39 is 11.7 Å². The lowest BCUT2D eigenvalue weighted by atomic mass is 9.76. The molecule has 2 N–H and O–H groups in total. The quantitative estimate of drug-likeness (QED) is 0.876. The van der Waals surface area contributed by atoms with Crippen LogP contribution in [0.15, 0.2) is 42.7 Å². The second kappa shape index (κ2) is 6.78. The summed E-state index contributed by atoms with van der Waals surface area (Å²) in [6.07, 6.45) is 5.21. The van der Waals surface area contributed by atoms with Crippen LogP contribution in [0.4, 0.5) is 0 Å². The molecule has 1 aromatic carbocycles. The number of nitrogens with zero attached hydrogens (tertiary/aromatic N) is 3. The first kappa shape index (κ1) is 17.7. The molecule has 0 unspecified atom stereocenters. The number of piperidine rings is 1. The van der Waals surface area contributed by atoms with Gasteiger partial charge in [0.1, 0.15) is 6.10 Å². The van der Waals surface area contributed by atoms with Crippen molar-refractivity contribution in [3.05, 3.63) is 48.3 Å². The molecule has 2 aliphatic heterocycles. The van der Waals surface area contributed by atoms with Crippen LogP contribution in [0.1, 0.15) is 31.7 Å². The summed E-state index contributed by atoms with van der Waals surface area (Å²) in [5, 5.41) is 24.6. The van der Waals surface area contributed by atoms with E-state index in [1.54, 1.807) is 13.1 Å². The summed E-state index contributed by atoms with van der Waals surface area (Å²) >= 11 is 0. The van der Waals surface area contributed by atoms with E-state index in [4.69, 9.17) is 4.74 Å². The monoisotopic (exact) mass is 357 g/mol. The Morgan fingerprint density at radius 2 is 1.96 bits per heavy atom. The lowest BCUT2D eigenvalue weighted by molar-refractivity contribution is -0.223. The number of aromatic nitrogens is 2. The van der Waals surface area contributed by atoms with Crippen molar-refractivity contribution < 1.29 is 14.9 Å². The van der Waals surface area contributed by atoms with E-state index in [-0.39, 0.29) is 12.2 Å². The summed E-state index contributed by atoms with van der Waals surface area (Å²) in [5.41, 5.74) is 1.00. The number of likely N-dealkylation sites (tertiary alicyclic amines) is 1. The molecule has 140 valence electrons. The molecule has 26 heavy (non-hydrogen) atoms. The van der Waals surface area contributed by atoms with Gasteiger partial charge in [0.25, 0.3) is 0 Å². The Kier molecular flexibility index (Phi) is 4.61. The fraction of sp³-hybridized carbons (Fsp3) is 0.550. The van der Waals surface area contributed by atoms with Crippen molar-refractivity contribution in [1.29, 1.82) is 0 Å². The Morgan fingerprint density at radius 3 is 2.58 bits per heavy atom. The molecule has 2 fully saturated rings. The Labute approximate surface area is 154 Å². The van der Waals surface area contributed by atoms with Crippen LogP contribution in [0.3, 0.4) is 0 Å². The van der Waals surface area contributed by atoms with Gasteiger partial charge < -0.3 is 14.9 Å². The van der Waals surface area contributed by atoms with Crippen molar-refractivity contribution in [2.24, 2.45) is 0 Å². The Balaban J connectivity index is 1.34. The molecule has 0 bridgehead atoms. The van der Waals surface area contributed by atoms with Crippen molar-refractivity contribution in [2.45, 2.75) is 50.0 Å². The van der Waals surface area contributed by atoms with E-state index in [1.807, 2.05) is 16.9 Å². The predicted molar refractivity (Wildman–Crippen MR) is 98.0 cm³/mol. The zero-order valence-electron chi connectivity index (χ0n) is 15.2. The van der Waals surface area contributed by atoms with Crippen LogP contribution < -0.4 is 0 Å². The van der Waals surface area contributed by atoms with Gasteiger partial charge in [0, 0.05) is 38.4 Å². The third-order valence-corrected chi connectivity index (χ3v) is 5.82. The zero-order chi connectivity index (χ0) is 18.2. The second-order valence-corrected chi connectivity index (χ2v) is 7.94. The largest absolute Gasteiger partial charge is 0.388 e. The van der Waals surface area contributed by atoms with E-state index in [9.17, 15) is 10.2 Å². The minimum absolute atomic E-state index is 0.224. The molecule has 0 aliphatic carbocycles. The first-order valence-electron chi connectivity index (χ1n) is 9.32. The molecule has 1 aromatic heterocycles. The normalized spacial score (nSPS) is 29.1. The van der Waals surface area contributed by atoms with E-state index in [0.29, 0.717) is 6.42 Å². The van der Waals surface area contributed by atoms with Crippen molar-refractivity contribution >= 4 is 0 Å². The summed E-state index contributed by atoms with van der Waals surface area (Å²) in [4.78, 5) is 2.43. The molecule has 1 spiro atoms. The Morgan fingerprint density at radius 1 is 1.23 bits per heavy atom. The van der Waals surface area contributed by atoms with Crippen LogP contribution in [-0.4, -0.2) is 61.9 Å². The average Bonchev–Trinajstić information content (AvgIpc) is 3.16. The first-order valence-corrected chi connectivity index (χ1v) is 9.32. The Bertz CT molecular complexity index is 719. The topological polar surface area (TPSA) is 70.8 Å². The minimum Gasteiger partial charge on any atom is -0.388 e. The number of rotatable bonds is 3. The minimum atomic E-state index is -1.05. The van der Waals surface area contributed by atoms with Gasteiger partial charge in [-0.3, -0.25) is 4.90 Å². The number of aliphatic hydroxyl groups is 2. The van der Waals surface area contributed by atoms with Crippen LogP contribution in [0.5, 0.6) is 0 Å². The summed E-state index contributed by atoms with van der Waals surface area (Å²) < 4.78 is 7.82. The van der Waals surface area contributed by atoms with Gasteiger partial charge in [-0.05, 0) is 43.5 Å². The van der Waals surface area contributed by atoms with Gasteiger partial charge in [-0.2, -0.15) is 5.10 Å². The summed E-state index contributed by atoms with van der Waals surface area (Å²) in [5.74, 6) is 0. The van der Waals surface area contributed by atoms with Gasteiger partial charge in [0.05, 0.1) is 23.5 Å². The number of ether oxygens (including phenoxy) is 1. The lowest BCUT2D eigenvalue weighted by Gasteiger charge is -2.50. The van der Waals surface area contributed by atoms with Gasteiger partial charge >= 0.3 is 0 Å².